The van der Waals surface area contributed by atoms with Crippen molar-refractivity contribution in [2.45, 2.75) is 18.6 Å². The van der Waals surface area contributed by atoms with Gasteiger partial charge in [0.05, 0.1) is 11.0 Å². The maximum Gasteiger partial charge on any atom is 0.334 e. The summed E-state index contributed by atoms with van der Waals surface area (Å²) in [6.45, 7) is 0.244. The van der Waals surface area contributed by atoms with Crippen molar-refractivity contribution < 1.29 is 13.9 Å². The van der Waals surface area contributed by atoms with Crippen LogP contribution >= 0.6 is 0 Å². The number of hydrogen-bond acceptors (Lipinski definition) is 2. The Hall–Kier alpha value is -3.05. The molecule has 0 aliphatic heterocycles. The van der Waals surface area contributed by atoms with E-state index in [4.69, 9.17) is 0 Å². The quantitative estimate of drug-likeness (QED) is 0.546. The van der Waals surface area contributed by atoms with Gasteiger partial charge in [-0.1, -0.05) is 72.8 Å². The molecule has 1 heterocycles. The summed E-state index contributed by atoms with van der Waals surface area (Å²) in [5.41, 5.74) is 2.12. The standard InChI is InChI=1S/C22H18F2N2O/c23-22(24,20(27)17-11-5-2-6-12-17)21-25-18-13-7-8-14-19(18)26(21)15-16-9-3-1-4-10-16/h1-14,20,27H,15H2. The Bertz CT molecular complexity index is 1050. The van der Waals surface area contributed by atoms with Crippen LogP contribution in [0.25, 0.3) is 11.0 Å². The second-order valence-electron chi connectivity index (χ2n) is 6.43. The van der Waals surface area contributed by atoms with Crippen LogP contribution in [0.5, 0.6) is 0 Å². The zero-order chi connectivity index (χ0) is 18.9. The molecule has 1 unspecified atom stereocenters. The first kappa shape index (κ1) is 17.4. The molecule has 0 radical (unpaired) electrons. The Morgan fingerprint density at radius 1 is 0.852 bits per heavy atom. The van der Waals surface area contributed by atoms with E-state index in [0.29, 0.717) is 11.0 Å². The van der Waals surface area contributed by atoms with Crippen molar-refractivity contribution in [2.24, 2.45) is 0 Å². The van der Waals surface area contributed by atoms with Crippen LogP contribution in [-0.4, -0.2) is 14.7 Å². The number of aliphatic hydroxyl groups excluding tert-OH is 1. The van der Waals surface area contributed by atoms with Gasteiger partial charge >= 0.3 is 5.92 Å². The molecule has 136 valence electrons. The smallest absolute Gasteiger partial charge is 0.334 e. The van der Waals surface area contributed by atoms with Gasteiger partial charge in [-0.15, -0.1) is 0 Å². The molecule has 0 fully saturated rings. The first-order valence-corrected chi connectivity index (χ1v) is 8.68. The van der Waals surface area contributed by atoms with Crippen LogP contribution in [-0.2, 0) is 12.5 Å². The average molecular weight is 364 g/mol. The largest absolute Gasteiger partial charge is 0.382 e. The highest BCUT2D eigenvalue weighted by Gasteiger charge is 2.46. The van der Waals surface area contributed by atoms with Crippen LogP contribution in [0.4, 0.5) is 8.78 Å². The summed E-state index contributed by atoms with van der Waals surface area (Å²) in [7, 11) is 0. The molecule has 4 rings (SSSR count). The minimum atomic E-state index is -3.55. The van der Waals surface area contributed by atoms with Gasteiger partial charge < -0.3 is 9.67 Å². The minimum Gasteiger partial charge on any atom is -0.382 e. The summed E-state index contributed by atoms with van der Waals surface area (Å²) in [6.07, 6.45) is -1.98. The van der Waals surface area contributed by atoms with E-state index in [2.05, 4.69) is 4.98 Å². The van der Waals surface area contributed by atoms with Crippen molar-refractivity contribution in [1.82, 2.24) is 9.55 Å². The molecule has 3 nitrogen and oxygen atoms in total. The highest BCUT2D eigenvalue weighted by molar-refractivity contribution is 5.76. The van der Waals surface area contributed by atoms with Gasteiger partial charge in [0.25, 0.3) is 0 Å². The third-order valence-electron chi connectivity index (χ3n) is 4.59. The van der Waals surface area contributed by atoms with E-state index in [1.807, 2.05) is 30.3 Å². The number of hydrogen-bond donors (Lipinski definition) is 1. The molecule has 0 bridgehead atoms. The monoisotopic (exact) mass is 364 g/mol. The molecule has 4 aromatic rings. The summed E-state index contributed by atoms with van der Waals surface area (Å²) >= 11 is 0. The molecular weight excluding hydrogens is 346 g/mol. The highest BCUT2D eigenvalue weighted by atomic mass is 19.3. The third-order valence-corrected chi connectivity index (χ3v) is 4.59. The van der Waals surface area contributed by atoms with Gasteiger partial charge in [0.2, 0.25) is 0 Å². The highest BCUT2D eigenvalue weighted by Crippen LogP contribution is 2.41. The van der Waals surface area contributed by atoms with Gasteiger partial charge in [-0.2, -0.15) is 8.78 Å². The van der Waals surface area contributed by atoms with Crippen molar-refractivity contribution in [3.05, 3.63) is 102 Å². The number of halogens is 2. The third kappa shape index (κ3) is 3.22. The second-order valence-corrected chi connectivity index (χ2v) is 6.43. The minimum absolute atomic E-state index is 0.154. The molecule has 1 aromatic heterocycles. The molecule has 27 heavy (non-hydrogen) atoms. The maximum atomic E-state index is 15.3. The van der Waals surface area contributed by atoms with Gasteiger partial charge in [-0.25, -0.2) is 4.98 Å². The van der Waals surface area contributed by atoms with Gasteiger partial charge in [0.15, 0.2) is 11.9 Å². The number of para-hydroxylation sites is 2. The number of imidazole rings is 1. The Kier molecular flexibility index (Phi) is 4.46. The van der Waals surface area contributed by atoms with Crippen LogP contribution < -0.4 is 0 Å². The first-order valence-electron chi connectivity index (χ1n) is 8.68. The summed E-state index contributed by atoms with van der Waals surface area (Å²) in [5, 5.41) is 10.4. The Morgan fingerprint density at radius 3 is 2.15 bits per heavy atom. The topological polar surface area (TPSA) is 38.1 Å². The molecule has 0 saturated carbocycles. The number of aromatic nitrogens is 2. The fourth-order valence-corrected chi connectivity index (χ4v) is 3.22. The Balaban J connectivity index is 1.84. The fourth-order valence-electron chi connectivity index (χ4n) is 3.22. The summed E-state index contributed by atoms with van der Waals surface area (Å²) in [6, 6.07) is 24.3. The molecule has 1 N–H and O–H groups in total. The van der Waals surface area contributed by atoms with Gasteiger partial charge in [-0.05, 0) is 23.3 Å². The predicted octanol–water partition coefficient (Wildman–Crippen LogP) is 4.91. The van der Waals surface area contributed by atoms with E-state index >= 15 is 8.78 Å². The second kappa shape index (κ2) is 6.93. The van der Waals surface area contributed by atoms with Crippen molar-refractivity contribution in [2.75, 3.05) is 0 Å². The SMILES string of the molecule is OC(c1ccccc1)C(F)(F)c1nc2ccccc2n1Cc1ccccc1. The lowest BCUT2D eigenvalue weighted by Crippen LogP contribution is -2.28. The number of alkyl halides is 2. The molecule has 0 amide bonds. The molecule has 0 saturated heterocycles. The van der Waals surface area contributed by atoms with E-state index in [-0.39, 0.29) is 12.1 Å². The first-order chi connectivity index (χ1) is 13.1. The average Bonchev–Trinajstić information content (AvgIpc) is 3.08. The fraction of sp³-hybridized carbons (Fsp3) is 0.136. The van der Waals surface area contributed by atoms with E-state index < -0.39 is 17.9 Å². The van der Waals surface area contributed by atoms with Crippen LogP contribution in [0, 0.1) is 0 Å². The van der Waals surface area contributed by atoms with Crippen molar-refractivity contribution in [3.8, 4) is 0 Å². The van der Waals surface area contributed by atoms with Crippen molar-refractivity contribution in [3.63, 3.8) is 0 Å². The molecule has 0 aliphatic carbocycles. The lowest BCUT2D eigenvalue weighted by Gasteiger charge is -2.23. The molecular formula is C22H18F2N2O. The summed E-state index contributed by atoms with van der Waals surface area (Å²) < 4.78 is 32.1. The van der Waals surface area contributed by atoms with Crippen LogP contribution in [0.2, 0.25) is 0 Å². The normalized spacial score (nSPS) is 13.0. The number of fused-ring (bicyclic) bond motifs is 1. The van der Waals surface area contributed by atoms with Crippen LogP contribution in [0.3, 0.4) is 0 Å². The summed E-state index contributed by atoms with van der Waals surface area (Å²) in [5.74, 6) is -3.99. The number of nitrogens with zero attached hydrogens (tertiary/aromatic N) is 2. The van der Waals surface area contributed by atoms with Crippen molar-refractivity contribution in [1.29, 1.82) is 0 Å². The van der Waals surface area contributed by atoms with Crippen LogP contribution in [0.15, 0.2) is 84.9 Å². The van der Waals surface area contributed by atoms with Crippen LogP contribution in [0.1, 0.15) is 23.1 Å². The molecule has 1 atom stereocenters. The van der Waals surface area contributed by atoms with Gasteiger partial charge in [0, 0.05) is 6.54 Å². The zero-order valence-electron chi connectivity index (χ0n) is 14.5. The van der Waals surface area contributed by atoms with Gasteiger partial charge in [0.1, 0.15) is 0 Å². The lowest BCUT2D eigenvalue weighted by atomic mass is 10.0. The zero-order valence-corrected chi connectivity index (χ0v) is 14.5. The van der Waals surface area contributed by atoms with E-state index in [9.17, 15) is 5.11 Å². The van der Waals surface area contributed by atoms with Gasteiger partial charge in [-0.3, -0.25) is 0 Å². The number of benzene rings is 3. The number of rotatable bonds is 5. The molecule has 5 heteroatoms. The Morgan fingerprint density at radius 2 is 1.44 bits per heavy atom. The molecule has 3 aromatic carbocycles. The molecule has 0 aliphatic rings. The van der Waals surface area contributed by atoms with Crippen molar-refractivity contribution >= 4 is 11.0 Å². The molecule has 0 spiro atoms. The Labute approximate surface area is 155 Å². The van der Waals surface area contributed by atoms with E-state index in [1.54, 1.807) is 42.5 Å². The summed E-state index contributed by atoms with van der Waals surface area (Å²) in [4.78, 5) is 4.18. The predicted molar refractivity (Wildman–Crippen MR) is 101 cm³/mol. The maximum absolute atomic E-state index is 15.3. The lowest BCUT2D eigenvalue weighted by molar-refractivity contribution is -0.125. The van der Waals surface area contributed by atoms with E-state index in [1.165, 1.54) is 16.7 Å². The number of aliphatic hydroxyl groups is 1. The van der Waals surface area contributed by atoms with E-state index in [0.717, 1.165) is 5.56 Å².